The van der Waals surface area contributed by atoms with Gasteiger partial charge in [0.05, 0.1) is 6.10 Å². The van der Waals surface area contributed by atoms with Crippen LogP contribution in [0.15, 0.2) is 0 Å². The Balaban J connectivity index is 1.97. The van der Waals surface area contributed by atoms with Gasteiger partial charge in [-0.25, -0.2) is 0 Å². The van der Waals surface area contributed by atoms with Crippen molar-refractivity contribution in [3.63, 3.8) is 0 Å². The fraction of sp³-hybridized carbons (Fsp3) is 1.00. The van der Waals surface area contributed by atoms with Crippen LogP contribution in [-0.2, 0) is 4.74 Å². The highest BCUT2D eigenvalue weighted by molar-refractivity contribution is 4.89. The summed E-state index contributed by atoms with van der Waals surface area (Å²) in [5.74, 6) is 0. The third-order valence-electron chi connectivity index (χ3n) is 4.97. The summed E-state index contributed by atoms with van der Waals surface area (Å²) in [6, 6.07) is 1.84. The smallest absolute Gasteiger partial charge is 0.0726 e. The SMILES string of the molecule is CCN(C1CCC(N)CC1)C1CCCCC1OC. The van der Waals surface area contributed by atoms with Crippen molar-refractivity contribution < 1.29 is 4.74 Å². The van der Waals surface area contributed by atoms with Gasteiger partial charge in [0.25, 0.3) is 0 Å². The molecule has 18 heavy (non-hydrogen) atoms. The number of rotatable bonds is 4. The molecule has 3 nitrogen and oxygen atoms in total. The van der Waals surface area contributed by atoms with E-state index in [9.17, 15) is 0 Å². The van der Waals surface area contributed by atoms with Gasteiger partial charge in [-0.1, -0.05) is 19.8 Å². The van der Waals surface area contributed by atoms with E-state index in [1.165, 1.54) is 51.4 Å². The van der Waals surface area contributed by atoms with Gasteiger partial charge in [-0.3, -0.25) is 4.90 Å². The van der Waals surface area contributed by atoms with E-state index in [0.29, 0.717) is 18.2 Å². The second-order valence-electron chi connectivity index (χ2n) is 6.03. The Morgan fingerprint density at radius 1 is 1.06 bits per heavy atom. The van der Waals surface area contributed by atoms with Crippen molar-refractivity contribution >= 4 is 0 Å². The second-order valence-corrected chi connectivity index (χ2v) is 6.03. The Labute approximate surface area is 112 Å². The Morgan fingerprint density at radius 3 is 2.33 bits per heavy atom. The van der Waals surface area contributed by atoms with Crippen LogP contribution in [-0.4, -0.2) is 42.8 Å². The average molecular weight is 254 g/mol. The summed E-state index contributed by atoms with van der Waals surface area (Å²) in [5, 5.41) is 0. The van der Waals surface area contributed by atoms with E-state index in [4.69, 9.17) is 10.5 Å². The van der Waals surface area contributed by atoms with Crippen molar-refractivity contribution in [2.75, 3.05) is 13.7 Å². The average Bonchev–Trinajstić information content (AvgIpc) is 2.42. The molecule has 0 heterocycles. The normalized spacial score (nSPS) is 38.0. The van der Waals surface area contributed by atoms with Crippen LogP contribution < -0.4 is 5.73 Å². The number of ether oxygens (including phenoxy) is 1. The number of hydrogen-bond donors (Lipinski definition) is 1. The maximum atomic E-state index is 6.03. The van der Waals surface area contributed by atoms with E-state index >= 15 is 0 Å². The molecule has 2 aliphatic carbocycles. The van der Waals surface area contributed by atoms with Crippen LogP contribution >= 0.6 is 0 Å². The van der Waals surface area contributed by atoms with E-state index in [1.807, 2.05) is 7.11 Å². The van der Waals surface area contributed by atoms with Crippen LogP contribution in [0.5, 0.6) is 0 Å². The van der Waals surface area contributed by atoms with E-state index < -0.39 is 0 Å². The lowest BCUT2D eigenvalue weighted by Crippen LogP contribution is -2.52. The maximum absolute atomic E-state index is 6.03. The lowest BCUT2D eigenvalue weighted by atomic mass is 9.86. The van der Waals surface area contributed by atoms with Gasteiger partial charge in [0.2, 0.25) is 0 Å². The van der Waals surface area contributed by atoms with Crippen LogP contribution in [0.2, 0.25) is 0 Å². The molecule has 3 heteroatoms. The minimum absolute atomic E-state index is 0.449. The zero-order valence-corrected chi connectivity index (χ0v) is 12.1. The molecule has 0 bridgehead atoms. The molecule has 2 atom stereocenters. The molecule has 0 radical (unpaired) electrons. The standard InChI is InChI=1S/C15H30N2O/c1-3-17(13-10-8-12(16)9-11-13)14-6-4-5-7-15(14)18-2/h12-15H,3-11,16H2,1-2H3. The van der Waals surface area contributed by atoms with Gasteiger partial charge in [-0.15, -0.1) is 0 Å². The van der Waals surface area contributed by atoms with Crippen molar-refractivity contribution in [2.45, 2.75) is 82.5 Å². The topological polar surface area (TPSA) is 38.5 Å². The summed E-state index contributed by atoms with van der Waals surface area (Å²) in [6.07, 6.45) is 10.7. The molecular formula is C15H30N2O. The summed E-state index contributed by atoms with van der Waals surface area (Å²) in [4.78, 5) is 2.72. The number of hydrogen-bond acceptors (Lipinski definition) is 3. The van der Waals surface area contributed by atoms with Crippen LogP contribution in [0.4, 0.5) is 0 Å². The molecule has 0 spiro atoms. The van der Waals surface area contributed by atoms with Crippen LogP contribution in [0.3, 0.4) is 0 Å². The Bertz CT molecular complexity index is 239. The molecule has 0 aromatic rings. The molecule has 0 amide bonds. The molecule has 2 saturated carbocycles. The first kappa shape index (κ1) is 14.3. The lowest BCUT2D eigenvalue weighted by Gasteiger charge is -2.44. The molecule has 2 fully saturated rings. The van der Waals surface area contributed by atoms with Crippen molar-refractivity contribution in [1.29, 1.82) is 0 Å². The first-order valence-corrected chi connectivity index (χ1v) is 7.80. The van der Waals surface area contributed by atoms with Crippen LogP contribution in [0, 0.1) is 0 Å². The first-order chi connectivity index (χ1) is 8.76. The molecule has 0 aliphatic heterocycles. The van der Waals surface area contributed by atoms with E-state index in [1.54, 1.807) is 0 Å². The number of nitrogens with zero attached hydrogens (tertiary/aromatic N) is 1. The first-order valence-electron chi connectivity index (χ1n) is 7.80. The third kappa shape index (κ3) is 3.25. The van der Waals surface area contributed by atoms with Crippen molar-refractivity contribution in [2.24, 2.45) is 5.73 Å². The van der Waals surface area contributed by atoms with Crippen LogP contribution in [0.25, 0.3) is 0 Å². The summed E-state index contributed by atoms with van der Waals surface area (Å²) < 4.78 is 5.73. The molecular weight excluding hydrogens is 224 g/mol. The van der Waals surface area contributed by atoms with Gasteiger partial charge < -0.3 is 10.5 Å². The summed E-state index contributed by atoms with van der Waals surface area (Å²) in [5.41, 5.74) is 6.03. The number of nitrogens with two attached hydrogens (primary N) is 1. The van der Waals surface area contributed by atoms with E-state index in [2.05, 4.69) is 11.8 Å². The molecule has 2 N–H and O–H groups in total. The fourth-order valence-electron chi connectivity index (χ4n) is 3.93. The van der Waals surface area contributed by atoms with E-state index in [0.717, 1.165) is 12.6 Å². The monoisotopic (exact) mass is 254 g/mol. The van der Waals surface area contributed by atoms with Gasteiger partial charge in [0, 0.05) is 25.2 Å². The summed E-state index contributed by atoms with van der Waals surface area (Å²) >= 11 is 0. The van der Waals surface area contributed by atoms with Gasteiger partial charge in [0.1, 0.15) is 0 Å². The minimum Gasteiger partial charge on any atom is -0.380 e. The zero-order chi connectivity index (χ0) is 13.0. The largest absolute Gasteiger partial charge is 0.380 e. The van der Waals surface area contributed by atoms with Crippen molar-refractivity contribution in [3.05, 3.63) is 0 Å². The molecule has 0 aromatic heterocycles. The molecule has 0 aromatic carbocycles. The van der Waals surface area contributed by atoms with Crippen molar-refractivity contribution in [3.8, 4) is 0 Å². The Kier molecular flexibility index (Phi) is 5.46. The fourth-order valence-corrected chi connectivity index (χ4v) is 3.93. The highest BCUT2D eigenvalue weighted by Crippen LogP contribution is 2.30. The summed E-state index contributed by atoms with van der Waals surface area (Å²) in [7, 11) is 1.88. The van der Waals surface area contributed by atoms with Gasteiger partial charge >= 0.3 is 0 Å². The predicted octanol–water partition coefficient (Wildman–Crippen LogP) is 2.54. The predicted molar refractivity (Wildman–Crippen MR) is 75.7 cm³/mol. The minimum atomic E-state index is 0.449. The Hall–Kier alpha value is -0.120. The van der Waals surface area contributed by atoms with E-state index in [-0.39, 0.29) is 0 Å². The van der Waals surface area contributed by atoms with Crippen LogP contribution in [0.1, 0.15) is 58.3 Å². The van der Waals surface area contributed by atoms with Crippen molar-refractivity contribution in [1.82, 2.24) is 4.90 Å². The highest BCUT2D eigenvalue weighted by atomic mass is 16.5. The molecule has 0 saturated heterocycles. The van der Waals surface area contributed by atoms with Gasteiger partial charge in [-0.2, -0.15) is 0 Å². The number of likely N-dealkylation sites (N-methyl/N-ethyl adjacent to an activating group) is 1. The highest BCUT2D eigenvalue weighted by Gasteiger charge is 2.34. The molecule has 106 valence electrons. The second kappa shape index (κ2) is 6.88. The van der Waals surface area contributed by atoms with Gasteiger partial charge in [0.15, 0.2) is 0 Å². The lowest BCUT2D eigenvalue weighted by molar-refractivity contribution is -0.0316. The third-order valence-corrected chi connectivity index (χ3v) is 4.97. The zero-order valence-electron chi connectivity index (χ0n) is 12.1. The summed E-state index contributed by atoms with van der Waals surface area (Å²) in [6.45, 7) is 3.46. The van der Waals surface area contributed by atoms with Gasteiger partial charge in [-0.05, 0) is 45.1 Å². The molecule has 2 rings (SSSR count). The maximum Gasteiger partial charge on any atom is 0.0726 e. The molecule has 2 aliphatic rings. The quantitative estimate of drug-likeness (QED) is 0.838. The number of methoxy groups -OCH3 is 1. The molecule has 2 unspecified atom stereocenters. The Morgan fingerprint density at radius 2 is 1.72 bits per heavy atom.